The maximum Gasteiger partial charge on any atom is 0.306 e. The molecule has 70 heavy (non-hydrogen) atoms. The molecule has 0 heterocycles. The van der Waals surface area contributed by atoms with E-state index in [1.165, 1.54) is 154 Å². The number of ether oxygens (including phenoxy) is 3. The predicted octanol–water partition coefficient (Wildman–Crippen LogP) is 19.9. The molecule has 0 aliphatic carbocycles. The zero-order valence-corrected chi connectivity index (χ0v) is 46.0. The molecule has 0 aliphatic rings. The number of carbonyl (C=O) groups is 3. The highest BCUT2D eigenvalue weighted by molar-refractivity contribution is 5.71. The third-order valence-electron chi connectivity index (χ3n) is 12.7. The molecule has 0 spiro atoms. The second-order valence-electron chi connectivity index (χ2n) is 19.6. The van der Waals surface area contributed by atoms with E-state index in [-0.39, 0.29) is 31.1 Å². The van der Waals surface area contributed by atoms with Crippen LogP contribution in [0.4, 0.5) is 0 Å². The molecule has 0 aliphatic heterocycles. The molecule has 1 atom stereocenters. The van der Waals surface area contributed by atoms with Crippen molar-refractivity contribution < 1.29 is 28.6 Å². The van der Waals surface area contributed by atoms with E-state index >= 15 is 0 Å². The minimum Gasteiger partial charge on any atom is -0.462 e. The summed E-state index contributed by atoms with van der Waals surface area (Å²) in [4.78, 5) is 38.2. The van der Waals surface area contributed by atoms with E-state index in [4.69, 9.17) is 14.2 Å². The first-order valence-corrected chi connectivity index (χ1v) is 29.6. The van der Waals surface area contributed by atoms with Crippen LogP contribution in [0.25, 0.3) is 0 Å². The van der Waals surface area contributed by atoms with Gasteiger partial charge in [0.15, 0.2) is 6.10 Å². The minimum absolute atomic E-state index is 0.0865. The Kier molecular flexibility index (Phi) is 55.3. The van der Waals surface area contributed by atoms with Crippen molar-refractivity contribution in [1.82, 2.24) is 0 Å². The zero-order chi connectivity index (χ0) is 50.7. The van der Waals surface area contributed by atoms with Gasteiger partial charge in [0.2, 0.25) is 0 Å². The number of esters is 3. The summed E-state index contributed by atoms with van der Waals surface area (Å²) in [5.41, 5.74) is 0. The van der Waals surface area contributed by atoms with E-state index in [2.05, 4.69) is 106 Å². The van der Waals surface area contributed by atoms with E-state index < -0.39 is 6.10 Å². The van der Waals surface area contributed by atoms with Gasteiger partial charge >= 0.3 is 17.9 Å². The molecule has 402 valence electrons. The second-order valence-corrected chi connectivity index (χ2v) is 19.6. The van der Waals surface area contributed by atoms with Gasteiger partial charge in [-0.05, 0) is 103 Å². The van der Waals surface area contributed by atoms with Gasteiger partial charge in [0, 0.05) is 19.3 Å². The summed E-state index contributed by atoms with van der Waals surface area (Å²) < 4.78 is 16.9. The van der Waals surface area contributed by atoms with Gasteiger partial charge < -0.3 is 14.2 Å². The molecule has 0 radical (unpaired) electrons. The molecule has 0 saturated carbocycles. The molecular weight excluding hydrogens is 865 g/mol. The smallest absolute Gasteiger partial charge is 0.306 e. The van der Waals surface area contributed by atoms with Crippen LogP contribution in [0, 0.1) is 0 Å². The average molecular weight is 976 g/mol. The van der Waals surface area contributed by atoms with Crippen LogP contribution in [0.3, 0.4) is 0 Å². The summed E-state index contributed by atoms with van der Waals surface area (Å²) in [6.45, 7) is 6.47. The summed E-state index contributed by atoms with van der Waals surface area (Å²) in [5, 5.41) is 0. The van der Waals surface area contributed by atoms with Gasteiger partial charge in [0.25, 0.3) is 0 Å². The van der Waals surface area contributed by atoms with Gasteiger partial charge in [-0.2, -0.15) is 0 Å². The predicted molar refractivity (Wildman–Crippen MR) is 302 cm³/mol. The molecule has 0 aromatic heterocycles. The molecule has 6 heteroatoms. The van der Waals surface area contributed by atoms with Crippen LogP contribution in [0.15, 0.2) is 85.1 Å². The highest BCUT2D eigenvalue weighted by atomic mass is 16.6. The summed E-state index contributed by atoms with van der Waals surface area (Å²) >= 11 is 0. The van der Waals surface area contributed by atoms with Gasteiger partial charge in [0.05, 0.1) is 0 Å². The SMILES string of the molecule is CC/C=C\C/C=C\C/C=C\CCCCCCC(=O)OCC(COC(=O)CCCCCCCCCCCC/C=C\C=C/CCCCC)OC(=O)CCCCCCCCCCCC/C=C\C=C/CCCCC. The molecule has 0 aromatic carbocycles. The van der Waals surface area contributed by atoms with Gasteiger partial charge in [-0.25, -0.2) is 0 Å². The lowest BCUT2D eigenvalue weighted by molar-refractivity contribution is -0.167. The fourth-order valence-corrected chi connectivity index (χ4v) is 8.20. The zero-order valence-electron chi connectivity index (χ0n) is 46.0. The van der Waals surface area contributed by atoms with Crippen molar-refractivity contribution in [3.05, 3.63) is 85.1 Å². The summed E-state index contributed by atoms with van der Waals surface area (Å²) in [5.74, 6) is -0.909. The third kappa shape index (κ3) is 55.5. The first kappa shape index (κ1) is 66.6. The lowest BCUT2D eigenvalue weighted by atomic mass is 10.1. The van der Waals surface area contributed by atoms with Crippen molar-refractivity contribution in [2.75, 3.05) is 13.2 Å². The first-order valence-electron chi connectivity index (χ1n) is 29.6. The second kappa shape index (κ2) is 58.2. The Labute approximate surface area is 433 Å². The Hall–Kier alpha value is -3.41. The van der Waals surface area contributed by atoms with Gasteiger partial charge in [-0.1, -0.05) is 247 Å². The molecule has 6 nitrogen and oxygen atoms in total. The molecule has 0 amide bonds. The maximum atomic E-state index is 12.9. The van der Waals surface area contributed by atoms with E-state index in [9.17, 15) is 14.4 Å². The van der Waals surface area contributed by atoms with Gasteiger partial charge in [-0.15, -0.1) is 0 Å². The largest absolute Gasteiger partial charge is 0.462 e. The Morgan fingerprint density at radius 1 is 0.314 bits per heavy atom. The number of allylic oxidation sites excluding steroid dienone is 14. The number of carbonyl (C=O) groups excluding carboxylic acids is 3. The van der Waals surface area contributed by atoms with Crippen LogP contribution in [0.5, 0.6) is 0 Å². The minimum atomic E-state index is -0.790. The summed E-state index contributed by atoms with van der Waals surface area (Å²) in [7, 11) is 0. The number of hydrogen-bond donors (Lipinski definition) is 0. The Bertz CT molecular complexity index is 1350. The Morgan fingerprint density at radius 2 is 0.600 bits per heavy atom. The first-order chi connectivity index (χ1) is 34.5. The van der Waals surface area contributed by atoms with E-state index in [0.29, 0.717) is 19.3 Å². The van der Waals surface area contributed by atoms with Gasteiger partial charge in [0.1, 0.15) is 13.2 Å². The van der Waals surface area contributed by atoms with Crippen molar-refractivity contribution in [3.8, 4) is 0 Å². The van der Waals surface area contributed by atoms with Gasteiger partial charge in [-0.3, -0.25) is 14.4 Å². The number of rotatable bonds is 53. The molecule has 0 rings (SSSR count). The quantitative estimate of drug-likeness (QED) is 0.0199. The standard InChI is InChI=1S/C64H110O6/c1-4-7-10-13-16-19-22-25-28-30-32-34-36-39-42-45-48-51-54-57-63(66)69-60-61(59-68-62(65)56-53-50-47-44-41-38-27-24-21-18-15-12-9-6-3)70-64(67)58-55-52-49-46-43-40-37-35-33-31-29-26-23-20-17-14-11-8-5-2/h9,12,16-23,25-27,38,61H,4-8,10-11,13-15,24,28-37,39-60H2,1-3H3/b12-9-,19-16-,20-17-,21-18-,25-22-,26-23-,38-27-. The molecule has 0 aromatic rings. The monoisotopic (exact) mass is 975 g/mol. The third-order valence-corrected chi connectivity index (χ3v) is 12.7. The highest BCUT2D eigenvalue weighted by Gasteiger charge is 2.19. The number of unbranched alkanes of at least 4 members (excludes halogenated alkanes) is 30. The number of hydrogen-bond acceptors (Lipinski definition) is 6. The van der Waals surface area contributed by atoms with Crippen LogP contribution in [-0.2, 0) is 28.6 Å². The van der Waals surface area contributed by atoms with Crippen LogP contribution >= 0.6 is 0 Å². The fourth-order valence-electron chi connectivity index (χ4n) is 8.20. The van der Waals surface area contributed by atoms with Crippen molar-refractivity contribution in [2.24, 2.45) is 0 Å². The average Bonchev–Trinajstić information content (AvgIpc) is 3.36. The molecule has 0 N–H and O–H groups in total. The molecule has 0 fully saturated rings. The lowest BCUT2D eigenvalue weighted by Crippen LogP contribution is -2.30. The molecular formula is C64H110O6. The topological polar surface area (TPSA) is 78.9 Å². The highest BCUT2D eigenvalue weighted by Crippen LogP contribution is 2.16. The van der Waals surface area contributed by atoms with Crippen LogP contribution < -0.4 is 0 Å². The van der Waals surface area contributed by atoms with Crippen LogP contribution in [0.1, 0.15) is 284 Å². The van der Waals surface area contributed by atoms with Crippen molar-refractivity contribution in [3.63, 3.8) is 0 Å². The molecule has 0 saturated heterocycles. The van der Waals surface area contributed by atoms with E-state index in [1.807, 2.05) is 0 Å². The maximum absolute atomic E-state index is 12.9. The van der Waals surface area contributed by atoms with Crippen molar-refractivity contribution in [1.29, 1.82) is 0 Å². The summed E-state index contributed by atoms with van der Waals surface area (Å²) in [6, 6.07) is 0. The lowest BCUT2D eigenvalue weighted by Gasteiger charge is -2.18. The Morgan fingerprint density at radius 3 is 0.957 bits per heavy atom. The van der Waals surface area contributed by atoms with E-state index in [1.54, 1.807) is 0 Å². The van der Waals surface area contributed by atoms with Crippen molar-refractivity contribution in [2.45, 2.75) is 290 Å². The summed E-state index contributed by atoms with van der Waals surface area (Å²) in [6.07, 6.45) is 75.7. The fraction of sp³-hybridized carbons (Fsp3) is 0.734. The molecule has 1 unspecified atom stereocenters. The Balaban J connectivity index is 4.39. The van der Waals surface area contributed by atoms with E-state index in [0.717, 1.165) is 89.9 Å². The van der Waals surface area contributed by atoms with Crippen LogP contribution in [-0.4, -0.2) is 37.2 Å². The molecule has 0 bridgehead atoms. The normalized spacial score (nSPS) is 12.7. The van der Waals surface area contributed by atoms with Crippen molar-refractivity contribution >= 4 is 17.9 Å². The van der Waals surface area contributed by atoms with Crippen LogP contribution in [0.2, 0.25) is 0 Å².